The van der Waals surface area contributed by atoms with Gasteiger partial charge in [-0.25, -0.2) is 0 Å². The van der Waals surface area contributed by atoms with E-state index in [0.29, 0.717) is 5.92 Å². The van der Waals surface area contributed by atoms with Gasteiger partial charge in [-0.2, -0.15) is 0 Å². The molecule has 16 heavy (non-hydrogen) atoms. The van der Waals surface area contributed by atoms with Crippen LogP contribution in [0.25, 0.3) is 0 Å². The first-order valence-corrected chi connectivity index (χ1v) is 5.72. The van der Waals surface area contributed by atoms with Crippen LogP contribution in [0.15, 0.2) is 42.6 Å². The van der Waals surface area contributed by atoms with Gasteiger partial charge in [0.1, 0.15) is 0 Å². The Bertz CT molecular complexity index is 430. The van der Waals surface area contributed by atoms with Gasteiger partial charge in [-0.15, -0.1) is 0 Å². The van der Waals surface area contributed by atoms with Gasteiger partial charge < -0.3 is 10.3 Å². The molecule has 0 spiro atoms. The zero-order valence-corrected chi connectivity index (χ0v) is 9.83. The van der Waals surface area contributed by atoms with Gasteiger partial charge in [0.2, 0.25) is 0 Å². The Morgan fingerprint density at radius 2 is 1.94 bits per heavy atom. The van der Waals surface area contributed by atoms with Gasteiger partial charge in [0.15, 0.2) is 0 Å². The summed E-state index contributed by atoms with van der Waals surface area (Å²) in [7, 11) is 0. The molecule has 0 amide bonds. The molecule has 2 aromatic rings. The number of nitrogens with one attached hydrogen (secondary N) is 2. The molecule has 2 nitrogen and oxygen atoms in total. The lowest BCUT2D eigenvalue weighted by Crippen LogP contribution is -2.03. The molecule has 0 aliphatic carbocycles. The highest BCUT2D eigenvalue weighted by molar-refractivity contribution is 5.52. The maximum atomic E-state index is 3.47. The number of hydrogen-bond acceptors (Lipinski definition) is 1. The second-order valence-electron chi connectivity index (χ2n) is 4.29. The van der Waals surface area contributed by atoms with Crippen LogP contribution in [-0.2, 0) is 6.54 Å². The van der Waals surface area contributed by atoms with Crippen LogP contribution in [0.5, 0.6) is 0 Å². The molecule has 0 fully saturated rings. The lowest BCUT2D eigenvalue weighted by molar-refractivity contribution is 0.864. The highest BCUT2D eigenvalue weighted by atomic mass is 14.9. The van der Waals surface area contributed by atoms with E-state index >= 15 is 0 Å². The lowest BCUT2D eigenvalue weighted by Gasteiger charge is -2.13. The summed E-state index contributed by atoms with van der Waals surface area (Å²) in [6.07, 6.45) is 1.95. The fourth-order valence-electron chi connectivity index (χ4n) is 1.83. The van der Waals surface area contributed by atoms with Crippen molar-refractivity contribution in [1.29, 1.82) is 0 Å². The van der Waals surface area contributed by atoms with Gasteiger partial charge in [0.05, 0.1) is 6.54 Å². The lowest BCUT2D eigenvalue weighted by atomic mass is 10.0. The SMILES string of the molecule is CC(C)c1ccccc1NCc1ccc[nH]1. The maximum Gasteiger partial charge on any atom is 0.0551 e. The van der Waals surface area contributed by atoms with E-state index in [0.717, 1.165) is 6.54 Å². The van der Waals surface area contributed by atoms with Crippen molar-refractivity contribution >= 4 is 5.69 Å². The molecule has 0 aliphatic rings. The quantitative estimate of drug-likeness (QED) is 0.797. The summed E-state index contributed by atoms with van der Waals surface area (Å²) in [5.74, 6) is 0.548. The Balaban J connectivity index is 2.09. The maximum absolute atomic E-state index is 3.47. The molecule has 84 valence electrons. The molecule has 1 aromatic heterocycles. The van der Waals surface area contributed by atoms with Gasteiger partial charge in [-0.05, 0) is 29.7 Å². The monoisotopic (exact) mass is 214 g/mol. The molecule has 0 unspecified atom stereocenters. The predicted octanol–water partition coefficient (Wildman–Crippen LogP) is 3.75. The molecule has 0 saturated heterocycles. The smallest absolute Gasteiger partial charge is 0.0551 e. The first-order valence-electron chi connectivity index (χ1n) is 5.72. The van der Waals surface area contributed by atoms with Gasteiger partial charge in [0.25, 0.3) is 0 Å². The summed E-state index contributed by atoms with van der Waals surface area (Å²) >= 11 is 0. The molecule has 1 aromatic carbocycles. The number of aromatic amines is 1. The summed E-state index contributed by atoms with van der Waals surface area (Å²) in [5, 5.41) is 3.47. The van der Waals surface area contributed by atoms with Crippen LogP contribution in [0.3, 0.4) is 0 Å². The van der Waals surface area contributed by atoms with E-state index in [-0.39, 0.29) is 0 Å². The van der Waals surface area contributed by atoms with Crippen molar-refractivity contribution in [2.24, 2.45) is 0 Å². The third-order valence-electron chi connectivity index (χ3n) is 2.71. The number of aromatic nitrogens is 1. The minimum absolute atomic E-state index is 0.548. The topological polar surface area (TPSA) is 27.8 Å². The number of rotatable bonds is 4. The van der Waals surface area contributed by atoms with Crippen LogP contribution in [0, 0.1) is 0 Å². The second-order valence-corrected chi connectivity index (χ2v) is 4.29. The van der Waals surface area contributed by atoms with Crippen LogP contribution in [0.2, 0.25) is 0 Å². The first-order chi connectivity index (χ1) is 7.77. The van der Waals surface area contributed by atoms with E-state index in [9.17, 15) is 0 Å². The van der Waals surface area contributed by atoms with Crippen molar-refractivity contribution in [3.05, 3.63) is 53.9 Å². The fourth-order valence-corrected chi connectivity index (χ4v) is 1.83. The molecule has 0 aliphatic heterocycles. The molecule has 1 heterocycles. The zero-order valence-electron chi connectivity index (χ0n) is 9.83. The van der Waals surface area contributed by atoms with Crippen molar-refractivity contribution in [3.8, 4) is 0 Å². The number of benzene rings is 1. The van der Waals surface area contributed by atoms with E-state index in [1.165, 1.54) is 16.9 Å². The van der Waals surface area contributed by atoms with Crippen LogP contribution in [0.4, 0.5) is 5.69 Å². The molecule has 0 bridgehead atoms. The molecule has 2 N–H and O–H groups in total. The summed E-state index contributed by atoms with van der Waals surface area (Å²) in [4.78, 5) is 3.19. The van der Waals surface area contributed by atoms with Crippen molar-refractivity contribution < 1.29 is 0 Å². The second kappa shape index (κ2) is 4.88. The minimum atomic E-state index is 0.548. The number of para-hydroxylation sites is 1. The predicted molar refractivity (Wildman–Crippen MR) is 68.7 cm³/mol. The summed E-state index contributed by atoms with van der Waals surface area (Å²) in [5.41, 5.74) is 3.81. The standard InChI is InChI=1S/C14H18N2/c1-11(2)13-7-3-4-8-14(13)16-10-12-6-5-9-15-12/h3-9,11,15-16H,10H2,1-2H3. The average Bonchev–Trinajstić information content (AvgIpc) is 2.79. The molecular weight excluding hydrogens is 196 g/mol. The Hall–Kier alpha value is -1.70. The normalized spacial score (nSPS) is 10.7. The Morgan fingerprint density at radius 3 is 2.62 bits per heavy atom. The van der Waals surface area contributed by atoms with Crippen LogP contribution >= 0.6 is 0 Å². The van der Waals surface area contributed by atoms with Gasteiger partial charge in [-0.1, -0.05) is 32.0 Å². The molecule has 0 radical (unpaired) electrons. The van der Waals surface area contributed by atoms with Crippen molar-refractivity contribution in [3.63, 3.8) is 0 Å². The molecular formula is C14H18N2. The van der Waals surface area contributed by atoms with E-state index in [1.807, 2.05) is 12.3 Å². The Morgan fingerprint density at radius 1 is 1.12 bits per heavy atom. The Kier molecular flexibility index (Phi) is 3.30. The largest absolute Gasteiger partial charge is 0.379 e. The van der Waals surface area contributed by atoms with Crippen LogP contribution in [0.1, 0.15) is 31.0 Å². The van der Waals surface area contributed by atoms with E-state index in [1.54, 1.807) is 0 Å². The van der Waals surface area contributed by atoms with Crippen molar-refractivity contribution in [1.82, 2.24) is 4.98 Å². The summed E-state index contributed by atoms with van der Waals surface area (Å²) in [6.45, 7) is 5.28. The van der Waals surface area contributed by atoms with Gasteiger partial charge in [0, 0.05) is 17.6 Å². The third-order valence-corrected chi connectivity index (χ3v) is 2.71. The fraction of sp³-hybridized carbons (Fsp3) is 0.286. The molecule has 0 atom stereocenters. The van der Waals surface area contributed by atoms with Gasteiger partial charge in [-0.3, -0.25) is 0 Å². The number of anilines is 1. The first kappa shape index (κ1) is 10.8. The van der Waals surface area contributed by atoms with E-state index < -0.39 is 0 Å². The highest BCUT2D eigenvalue weighted by Crippen LogP contribution is 2.23. The average molecular weight is 214 g/mol. The highest BCUT2D eigenvalue weighted by Gasteiger charge is 2.04. The Labute approximate surface area is 96.7 Å². The van der Waals surface area contributed by atoms with E-state index in [2.05, 4.69) is 54.5 Å². The van der Waals surface area contributed by atoms with Crippen molar-refractivity contribution in [2.45, 2.75) is 26.3 Å². The molecule has 2 rings (SSSR count). The molecule has 2 heteroatoms. The van der Waals surface area contributed by atoms with Crippen LogP contribution < -0.4 is 5.32 Å². The number of H-pyrrole nitrogens is 1. The van der Waals surface area contributed by atoms with Crippen molar-refractivity contribution in [2.75, 3.05) is 5.32 Å². The van der Waals surface area contributed by atoms with Gasteiger partial charge >= 0.3 is 0 Å². The number of hydrogen-bond donors (Lipinski definition) is 2. The zero-order chi connectivity index (χ0) is 11.4. The third kappa shape index (κ3) is 2.45. The summed E-state index contributed by atoms with van der Waals surface area (Å²) in [6, 6.07) is 12.6. The van der Waals surface area contributed by atoms with Crippen LogP contribution in [-0.4, -0.2) is 4.98 Å². The molecule has 0 saturated carbocycles. The summed E-state index contributed by atoms with van der Waals surface area (Å²) < 4.78 is 0. The minimum Gasteiger partial charge on any atom is -0.379 e. The van der Waals surface area contributed by atoms with E-state index in [4.69, 9.17) is 0 Å².